The minimum Gasteiger partial charge on any atom is -0.388 e. The summed E-state index contributed by atoms with van der Waals surface area (Å²) in [4.78, 5) is 13.8. The second kappa shape index (κ2) is 6.73. The van der Waals surface area contributed by atoms with Crippen LogP contribution in [0.5, 0.6) is 0 Å². The van der Waals surface area contributed by atoms with Crippen molar-refractivity contribution in [3.05, 3.63) is 52.7 Å². The molecule has 3 heterocycles. The third kappa shape index (κ3) is 3.02. The fourth-order valence-corrected chi connectivity index (χ4v) is 4.74. The summed E-state index contributed by atoms with van der Waals surface area (Å²) in [6, 6.07) is 10.0. The molecule has 25 heavy (non-hydrogen) atoms. The summed E-state index contributed by atoms with van der Waals surface area (Å²) in [5, 5.41) is 11.9. The van der Waals surface area contributed by atoms with E-state index in [0.29, 0.717) is 5.92 Å². The molecule has 0 bridgehead atoms. The van der Waals surface area contributed by atoms with Gasteiger partial charge in [-0.05, 0) is 43.7 Å². The van der Waals surface area contributed by atoms with E-state index in [2.05, 4.69) is 28.7 Å². The first-order chi connectivity index (χ1) is 12.1. The predicted octanol–water partition coefficient (Wildman–Crippen LogP) is 4.26. The SMILES string of the molecule is Cc1sc2ncnc(N3CCC(C(O)c4ccccc4)CC3)c2c1C. The lowest BCUT2D eigenvalue weighted by Crippen LogP contribution is -2.36. The van der Waals surface area contributed by atoms with Crippen LogP contribution in [0.2, 0.25) is 0 Å². The molecule has 1 saturated heterocycles. The fourth-order valence-electron chi connectivity index (χ4n) is 3.75. The minimum absolute atomic E-state index is 0.307. The highest BCUT2D eigenvalue weighted by Crippen LogP contribution is 2.37. The number of aryl methyl sites for hydroxylation is 2. The van der Waals surface area contributed by atoms with E-state index in [-0.39, 0.29) is 6.10 Å². The predicted molar refractivity (Wildman–Crippen MR) is 103 cm³/mol. The van der Waals surface area contributed by atoms with Gasteiger partial charge in [0, 0.05) is 18.0 Å². The first kappa shape index (κ1) is 16.5. The van der Waals surface area contributed by atoms with Gasteiger partial charge >= 0.3 is 0 Å². The molecule has 1 fully saturated rings. The first-order valence-corrected chi connectivity index (χ1v) is 9.65. The van der Waals surface area contributed by atoms with E-state index >= 15 is 0 Å². The molecule has 1 N–H and O–H groups in total. The number of thiophene rings is 1. The van der Waals surface area contributed by atoms with Crippen molar-refractivity contribution in [3.63, 3.8) is 0 Å². The molecule has 3 aromatic rings. The third-order valence-corrected chi connectivity index (χ3v) is 6.49. The number of piperidine rings is 1. The van der Waals surface area contributed by atoms with Gasteiger partial charge in [0.15, 0.2) is 0 Å². The number of fused-ring (bicyclic) bond motifs is 1. The Morgan fingerprint density at radius 3 is 2.56 bits per heavy atom. The molecular weight excluding hydrogens is 330 g/mol. The number of nitrogens with zero attached hydrogens (tertiary/aromatic N) is 3. The van der Waals surface area contributed by atoms with E-state index in [4.69, 9.17) is 0 Å². The van der Waals surface area contributed by atoms with Crippen LogP contribution in [-0.2, 0) is 0 Å². The Hall–Kier alpha value is -1.98. The Morgan fingerprint density at radius 1 is 1.12 bits per heavy atom. The van der Waals surface area contributed by atoms with Gasteiger partial charge in [0.1, 0.15) is 17.0 Å². The molecule has 0 saturated carbocycles. The Morgan fingerprint density at radius 2 is 1.84 bits per heavy atom. The summed E-state index contributed by atoms with van der Waals surface area (Å²) in [5.41, 5.74) is 2.32. The average Bonchev–Trinajstić information content (AvgIpc) is 2.96. The first-order valence-electron chi connectivity index (χ1n) is 8.84. The zero-order chi connectivity index (χ0) is 17.4. The van der Waals surface area contributed by atoms with Gasteiger partial charge < -0.3 is 10.0 Å². The Labute approximate surface area is 152 Å². The third-order valence-electron chi connectivity index (χ3n) is 5.37. The monoisotopic (exact) mass is 353 g/mol. The maximum Gasteiger partial charge on any atom is 0.141 e. The summed E-state index contributed by atoms with van der Waals surface area (Å²) >= 11 is 1.74. The van der Waals surface area contributed by atoms with Crippen LogP contribution in [0, 0.1) is 19.8 Å². The quantitative estimate of drug-likeness (QED) is 0.764. The molecule has 4 rings (SSSR count). The van der Waals surface area contributed by atoms with Gasteiger partial charge in [-0.25, -0.2) is 9.97 Å². The lowest BCUT2D eigenvalue weighted by Gasteiger charge is -2.35. The molecule has 1 aliphatic heterocycles. The molecule has 2 aromatic heterocycles. The number of aliphatic hydroxyl groups excluding tert-OH is 1. The minimum atomic E-state index is -0.376. The van der Waals surface area contributed by atoms with Crippen LogP contribution in [0.25, 0.3) is 10.2 Å². The van der Waals surface area contributed by atoms with E-state index in [9.17, 15) is 5.11 Å². The highest BCUT2D eigenvalue weighted by molar-refractivity contribution is 7.18. The molecule has 1 atom stereocenters. The van der Waals surface area contributed by atoms with Gasteiger partial charge in [0.2, 0.25) is 0 Å². The lowest BCUT2D eigenvalue weighted by atomic mass is 9.87. The van der Waals surface area contributed by atoms with Gasteiger partial charge in [-0.2, -0.15) is 0 Å². The van der Waals surface area contributed by atoms with E-state index in [1.807, 2.05) is 30.3 Å². The standard InChI is InChI=1S/C20H23N3OS/c1-13-14(2)25-20-17(13)19(21-12-22-20)23-10-8-16(9-11-23)18(24)15-6-4-3-5-7-15/h3-7,12,16,18,24H,8-11H2,1-2H3. The van der Waals surface area contributed by atoms with Crippen molar-refractivity contribution in [1.29, 1.82) is 0 Å². The molecule has 4 nitrogen and oxygen atoms in total. The molecule has 1 aromatic carbocycles. The number of hydrogen-bond donors (Lipinski definition) is 1. The molecule has 0 radical (unpaired) electrons. The van der Waals surface area contributed by atoms with Crippen LogP contribution in [0.3, 0.4) is 0 Å². The maximum absolute atomic E-state index is 10.7. The highest BCUT2D eigenvalue weighted by Gasteiger charge is 2.28. The number of rotatable bonds is 3. The fraction of sp³-hybridized carbons (Fsp3) is 0.400. The van der Waals surface area contributed by atoms with Crippen LogP contribution in [0.15, 0.2) is 36.7 Å². The summed E-state index contributed by atoms with van der Waals surface area (Å²) in [6.07, 6.45) is 3.25. The summed E-state index contributed by atoms with van der Waals surface area (Å²) in [7, 11) is 0. The van der Waals surface area contributed by atoms with E-state index in [0.717, 1.165) is 42.1 Å². The van der Waals surface area contributed by atoms with Crippen LogP contribution >= 0.6 is 11.3 Å². The molecule has 0 amide bonds. The Kier molecular flexibility index (Phi) is 4.44. The number of aliphatic hydroxyl groups is 1. The van der Waals surface area contributed by atoms with Crippen molar-refractivity contribution in [3.8, 4) is 0 Å². The number of anilines is 1. The van der Waals surface area contributed by atoms with Crippen molar-refractivity contribution < 1.29 is 5.11 Å². The van der Waals surface area contributed by atoms with Gasteiger partial charge in [-0.15, -0.1) is 11.3 Å². The van der Waals surface area contributed by atoms with Crippen LogP contribution in [0.4, 0.5) is 5.82 Å². The number of benzene rings is 1. The summed E-state index contributed by atoms with van der Waals surface area (Å²) in [6.45, 7) is 6.16. The van der Waals surface area contributed by atoms with Gasteiger partial charge in [-0.3, -0.25) is 0 Å². The van der Waals surface area contributed by atoms with Gasteiger partial charge in [0.05, 0.1) is 11.5 Å². The summed E-state index contributed by atoms with van der Waals surface area (Å²) < 4.78 is 0. The second-order valence-corrected chi connectivity index (χ2v) is 8.04. The molecular formula is C20H23N3OS. The second-order valence-electron chi connectivity index (χ2n) is 6.84. The van der Waals surface area contributed by atoms with Crippen LogP contribution in [-0.4, -0.2) is 28.2 Å². The molecule has 0 aliphatic carbocycles. The Balaban J connectivity index is 1.53. The van der Waals surface area contributed by atoms with Crippen molar-refractivity contribution >= 4 is 27.4 Å². The molecule has 0 spiro atoms. The zero-order valence-electron chi connectivity index (χ0n) is 14.6. The maximum atomic E-state index is 10.7. The normalized spacial score (nSPS) is 17.2. The Bertz CT molecular complexity index is 869. The smallest absolute Gasteiger partial charge is 0.141 e. The molecule has 130 valence electrons. The van der Waals surface area contributed by atoms with Crippen molar-refractivity contribution in [2.45, 2.75) is 32.8 Å². The lowest BCUT2D eigenvalue weighted by molar-refractivity contribution is 0.0929. The van der Waals surface area contributed by atoms with E-state index in [1.165, 1.54) is 15.8 Å². The van der Waals surface area contributed by atoms with Gasteiger partial charge in [-0.1, -0.05) is 30.3 Å². The molecule has 1 aliphatic rings. The van der Waals surface area contributed by atoms with Crippen LogP contribution < -0.4 is 4.90 Å². The van der Waals surface area contributed by atoms with E-state index in [1.54, 1.807) is 17.7 Å². The van der Waals surface area contributed by atoms with Crippen LogP contribution in [0.1, 0.15) is 34.9 Å². The highest BCUT2D eigenvalue weighted by atomic mass is 32.1. The molecule has 1 unspecified atom stereocenters. The topological polar surface area (TPSA) is 49.2 Å². The average molecular weight is 353 g/mol. The molecule has 5 heteroatoms. The largest absolute Gasteiger partial charge is 0.388 e. The zero-order valence-corrected chi connectivity index (χ0v) is 15.5. The van der Waals surface area contributed by atoms with Crippen molar-refractivity contribution in [2.24, 2.45) is 5.92 Å². The van der Waals surface area contributed by atoms with Gasteiger partial charge in [0.25, 0.3) is 0 Å². The van der Waals surface area contributed by atoms with Crippen molar-refractivity contribution in [1.82, 2.24) is 9.97 Å². The number of hydrogen-bond acceptors (Lipinski definition) is 5. The van der Waals surface area contributed by atoms with Crippen molar-refractivity contribution in [2.75, 3.05) is 18.0 Å². The number of aromatic nitrogens is 2. The van der Waals surface area contributed by atoms with E-state index < -0.39 is 0 Å². The summed E-state index contributed by atoms with van der Waals surface area (Å²) in [5.74, 6) is 1.36.